The number of benzene rings is 1. The van der Waals surface area contributed by atoms with E-state index in [0.717, 1.165) is 25.2 Å². The third-order valence-corrected chi connectivity index (χ3v) is 2.93. The van der Waals surface area contributed by atoms with E-state index in [0.29, 0.717) is 24.0 Å². The lowest BCUT2D eigenvalue weighted by Gasteiger charge is -2.21. The maximum atomic E-state index is 11.5. The lowest BCUT2D eigenvalue weighted by atomic mass is 10.2. The maximum absolute atomic E-state index is 11.5. The molecule has 0 aliphatic carbocycles. The Morgan fingerprint density at radius 2 is 1.95 bits per heavy atom. The fourth-order valence-corrected chi connectivity index (χ4v) is 1.87. The minimum Gasteiger partial charge on any atom is -0.426 e. The molecule has 4 nitrogen and oxygen atoms in total. The zero-order valence-electron chi connectivity index (χ0n) is 11.8. The van der Waals surface area contributed by atoms with Crippen molar-refractivity contribution in [3.8, 4) is 5.75 Å². The minimum absolute atomic E-state index is 0.303. The van der Waals surface area contributed by atoms with Crippen LogP contribution < -0.4 is 9.64 Å². The van der Waals surface area contributed by atoms with Gasteiger partial charge in [0.1, 0.15) is 5.75 Å². The number of aldehydes is 1. The second-order valence-corrected chi connectivity index (χ2v) is 4.24. The van der Waals surface area contributed by atoms with Crippen LogP contribution in [0.4, 0.5) is 5.69 Å². The highest BCUT2D eigenvalue weighted by Crippen LogP contribution is 2.25. The Hall–Kier alpha value is -1.84. The van der Waals surface area contributed by atoms with Crippen LogP contribution >= 0.6 is 0 Å². The molecule has 0 heterocycles. The summed E-state index contributed by atoms with van der Waals surface area (Å²) in [5.74, 6) is 0.0418. The van der Waals surface area contributed by atoms with Gasteiger partial charge < -0.3 is 9.64 Å². The summed E-state index contributed by atoms with van der Waals surface area (Å²) < 4.78 is 5.26. The largest absolute Gasteiger partial charge is 0.426 e. The molecule has 0 spiro atoms. The summed E-state index contributed by atoms with van der Waals surface area (Å²) in [6, 6.07) is 5.31. The minimum atomic E-state index is -0.303. The van der Waals surface area contributed by atoms with Gasteiger partial charge in [0.05, 0.1) is 5.56 Å². The van der Waals surface area contributed by atoms with Gasteiger partial charge in [-0.2, -0.15) is 0 Å². The van der Waals surface area contributed by atoms with Crippen molar-refractivity contribution in [1.29, 1.82) is 0 Å². The number of hydrogen-bond acceptors (Lipinski definition) is 4. The molecule has 1 aromatic carbocycles. The molecule has 0 saturated carbocycles. The molecular weight excluding hydrogens is 242 g/mol. The van der Waals surface area contributed by atoms with Gasteiger partial charge >= 0.3 is 5.97 Å². The summed E-state index contributed by atoms with van der Waals surface area (Å²) in [4.78, 5) is 24.7. The van der Waals surface area contributed by atoms with Crippen LogP contribution in [0.5, 0.6) is 5.75 Å². The van der Waals surface area contributed by atoms with Gasteiger partial charge in [0.25, 0.3) is 0 Å². The van der Waals surface area contributed by atoms with Gasteiger partial charge in [-0.25, -0.2) is 0 Å². The molecule has 0 aromatic heterocycles. The molecule has 0 bridgehead atoms. The lowest BCUT2D eigenvalue weighted by Crippen LogP contribution is -2.22. The first-order valence-electron chi connectivity index (χ1n) is 6.71. The fourth-order valence-electron chi connectivity index (χ4n) is 1.87. The van der Waals surface area contributed by atoms with Crippen LogP contribution in [0.25, 0.3) is 0 Å². The highest BCUT2D eigenvalue weighted by atomic mass is 16.5. The average molecular weight is 263 g/mol. The highest BCUT2D eigenvalue weighted by molar-refractivity contribution is 5.83. The zero-order chi connectivity index (χ0) is 14.3. The van der Waals surface area contributed by atoms with E-state index >= 15 is 0 Å². The molecule has 0 aliphatic heterocycles. The van der Waals surface area contributed by atoms with E-state index in [1.165, 1.54) is 0 Å². The van der Waals surface area contributed by atoms with Crippen LogP contribution in [0.2, 0.25) is 0 Å². The van der Waals surface area contributed by atoms with Crippen LogP contribution in [-0.4, -0.2) is 25.3 Å². The normalized spacial score (nSPS) is 10.1. The van der Waals surface area contributed by atoms with E-state index in [1.54, 1.807) is 12.1 Å². The first-order chi connectivity index (χ1) is 9.15. The van der Waals surface area contributed by atoms with Crippen molar-refractivity contribution in [2.24, 2.45) is 0 Å². The number of hydrogen-bond donors (Lipinski definition) is 0. The topological polar surface area (TPSA) is 46.6 Å². The Bertz CT molecular complexity index is 439. The van der Waals surface area contributed by atoms with Crippen molar-refractivity contribution in [3.63, 3.8) is 0 Å². The van der Waals surface area contributed by atoms with Crippen LogP contribution in [0.3, 0.4) is 0 Å². The first-order valence-corrected chi connectivity index (χ1v) is 6.71. The fraction of sp³-hybridized carbons (Fsp3) is 0.467. The Morgan fingerprint density at radius 3 is 2.47 bits per heavy atom. The number of ether oxygens (including phenoxy) is 1. The Kier molecular flexibility index (Phi) is 6.06. The van der Waals surface area contributed by atoms with Crippen LogP contribution in [0, 0.1) is 0 Å². The van der Waals surface area contributed by atoms with Crippen LogP contribution in [0.1, 0.15) is 44.0 Å². The van der Waals surface area contributed by atoms with Gasteiger partial charge in [-0.15, -0.1) is 0 Å². The van der Waals surface area contributed by atoms with Gasteiger partial charge in [0.15, 0.2) is 6.29 Å². The molecule has 0 atom stereocenters. The van der Waals surface area contributed by atoms with Crippen LogP contribution in [-0.2, 0) is 4.79 Å². The Balaban J connectivity index is 3.02. The second-order valence-electron chi connectivity index (χ2n) is 4.24. The van der Waals surface area contributed by atoms with E-state index in [9.17, 15) is 9.59 Å². The van der Waals surface area contributed by atoms with E-state index in [-0.39, 0.29) is 5.97 Å². The smallest absolute Gasteiger partial charge is 0.311 e. The van der Waals surface area contributed by atoms with Gasteiger partial charge in [0.2, 0.25) is 0 Å². The molecule has 0 unspecified atom stereocenters. The van der Waals surface area contributed by atoms with Crippen molar-refractivity contribution >= 4 is 17.9 Å². The van der Waals surface area contributed by atoms with Crippen molar-refractivity contribution in [2.45, 2.75) is 33.6 Å². The van der Waals surface area contributed by atoms with Gasteiger partial charge in [-0.1, -0.05) is 6.92 Å². The summed E-state index contributed by atoms with van der Waals surface area (Å²) in [5.41, 5.74) is 1.36. The summed E-state index contributed by atoms with van der Waals surface area (Å²) in [7, 11) is 0. The molecule has 4 heteroatoms. The molecule has 1 rings (SSSR count). The van der Waals surface area contributed by atoms with E-state index in [1.807, 2.05) is 13.0 Å². The lowest BCUT2D eigenvalue weighted by molar-refractivity contribution is -0.134. The summed E-state index contributed by atoms with van der Waals surface area (Å²) >= 11 is 0. The monoisotopic (exact) mass is 263 g/mol. The molecule has 1 aromatic rings. The quantitative estimate of drug-likeness (QED) is 0.431. The maximum Gasteiger partial charge on any atom is 0.311 e. The van der Waals surface area contributed by atoms with Gasteiger partial charge in [-0.05, 0) is 32.4 Å². The number of carbonyl (C=O) groups is 2. The molecule has 19 heavy (non-hydrogen) atoms. The second kappa shape index (κ2) is 7.56. The van der Waals surface area contributed by atoms with Crippen molar-refractivity contribution in [1.82, 2.24) is 0 Å². The predicted octanol–water partition coefficient (Wildman–Crippen LogP) is 3.05. The number of anilines is 1. The van der Waals surface area contributed by atoms with Gasteiger partial charge in [-0.3, -0.25) is 9.59 Å². The SMILES string of the molecule is CCCC(=O)Oc1cc(N(CC)CC)ccc1C=O. The van der Waals surface area contributed by atoms with Crippen LogP contribution in [0.15, 0.2) is 18.2 Å². The van der Waals surface area contributed by atoms with E-state index in [4.69, 9.17) is 4.74 Å². The Labute approximate surface area is 114 Å². The predicted molar refractivity (Wildman–Crippen MR) is 75.9 cm³/mol. The average Bonchev–Trinajstić information content (AvgIpc) is 2.40. The molecule has 0 fully saturated rings. The molecule has 0 aliphatic rings. The van der Waals surface area contributed by atoms with Gasteiger partial charge in [0, 0.05) is 31.3 Å². The van der Waals surface area contributed by atoms with Crippen molar-refractivity contribution in [2.75, 3.05) is 18.0 Å². The third kappa shape index (κ3) is 4.09. The highest BCUT2D eigenvalue weighted by Gasteiger charge is 2.11. The number of esters is 1. The summed E-state index contributed by atoms with van der Waals surface area (Å²) in [5, 5.41) is 0. The molecular formula is C15H21NO3. The zero-order valence-corrected chi connectivity index (χ0v) is 11.8. The van der Waals surface area contributed by atoms with E-state index in [2.05, 4.69) is 18.7 Å². The molecule has 104 valence electrons. The molecule has 0 radical (unpaired) electrons. The first kappa shape index (κ1) is 15.2. The molecule has 0 amide bonds. The third-order valence-electron chi connectivity index (χ3n) is 2.93. The van der Waals surface area contributed by atoms with Crippen molar-refractivity contribution in [3.05, 3.63) is 23.8 Å². The molecule has 0 N–H and O–H groups in total. The van der Waals surface area contributed by atoms with Crippen molar-refractivity contribution < 1.29 is 14.3 Å². The molecule has 0 saturated heterocycles. The summed E-state index contributed by atoms with van der Waals surface area (Å²) in [6.45, 7) is 7.74. The van der Waals surface area contributed by atoms with E-state index < -0.39 is 0 Å². The standard InChI is InChI=1S/C15H21NO3/c1-4-7-15(18)19-14-10-13(16(5-2)6-3)9-8-12(14)11-17/h8-11H,4-7H2,1-3H3. The number of rotatable bonds is 7. The number of carbonyl (C=O) groups excluding carboxylic acids is 2. The number of nitrogens with zero attached hydrogens (tertiary/aromatic N) is 1. The summed E-state index contributed by atoms with van der Waals surface area (Å²) in [6.07, 6.45) is 1.79. The Morgan fingerprint density at radius 1 is 1.26 bits per heavy atom.